The minimum absolute atomic E-state index is 0.239. The minimum atomic E-state index is -0.313. The van der Waals surface area contributed by atoms with Crippen LogP contribution in [0.4, 0.5) is 0 Å². The summed E-state index contributed by atoms with van der Waals surface area (Å²) >= 11 is 6.20. The van der Waals surface area contributed by atoms with Gasteiger partial charge in [0.05, 0.1) is 19.2 Å². The number of benzene rings is 1. The maximum atomic E-state index is 11.7. The summed E-state index contributed by atoms with van der Waals surface area (Å²) in [6.45, 7) is 0. The number of nitrogens with one attached hydrogen (secondary N) is 1. The zero-order chi connectivity index (χ0) is 13.1. The second-order valence-electron chi connectivity index (χ2n) is 3.43. The number of ether oxygens (including phenoxy) is 2. The standard InChI is InChI=1S/C12H11ClN2O3/c1-17-8-4-3-7(9(13)11(8)18-2)10-12(16)15-6-5-14-10/h3-6H,1-2H3,(H,15,16). The molecule has 0 spiro atoms. The average Bonchev–Trinajstić information content (AvgIpc) is 2.39. The highest BCUT2D eigenvalue weighted by atomic mass is 35.5. The molecule has 0 radical (unpaired) electrons. The molecule has 0 fully saturated rings. The van der Waals surface area contributed by atoms with Gasteiger partial charge in [0.15, 0.2) is 11.5 Å². The monoisotopic (exact) mass is 266 g/mol. The van der Waals surface area contributed by atoms with Crippen LogP contribution in [0.15, 0.2) is 29.3 Å². The summed E-state index contributed by atoms with van der Waals surface area (Å²) in [4.78, 5) is 18.2. The van der Waals surface area contributed by atoms with Crippen LogP contribution in [0, 0.1) is 0 Å². The summed E-state index contributed by atoms with van der Waals surface area (Å²) in [5.41, 5.74) is 0.422. The lowest BCUT2D eigenvalue weighted by Crippen LogP contribution is -2.10. The van der Waals surface area contributed by atoms with Gasteiger partial charge >= 0.3 is 0 Å². The van der Waals surface area contributed by atoms with E-state index in [0.29, 0.717) is 22.1 Å². The zero-order valence-corrected chi connectivity index (χ0v) is 10.6. The first kappa shape index (κ1) is 12.4. The van der Waals surface area contributed by atoms with Crippen molar-refractivity contribution in [3.8, 4) is 22.8 Å². The summed E-state index contributed by atoms with van der Waals surface area (Å²) in [5, 5.41) is 0.293. The topological polar surface area (TPSA) is 64.2 Å². The molecule has 18 heavy (non-hydrogen) atoms. The van der Waals surface area contributed by atoms with Crippen molar-refractivity contribution in [3.63, 3.8) is 0 Å². The first-order valence-corrected chi connectivity index (χ1v) is 5.51. The Morgan fingerprint density at radius 1 is 1.28 bits per heavy atom. The highest BCUT2D eigenvalue weighted by molar-refractivity contribution is 6.35. The number of hydrogen-bond acceptors (Lipinski definition) is 4. The van der Waals surface area contributed by atoms with Gasteiger partial charge in [0, 0.05) is 18.0 Å². The van der Waals surface area contributed by atoms with E-state index in [0.717, 1.165) is 0 Å². The van der Waals surface area contributed by atoms with Crippen LogP contribution in [-0.4, -0.2) is 24.2 Å². The summed E-state index contributed by atoms with van der Waals surface area (Å²) < 4.78 is 10.3. The molecular weight excluding hydrogens is 256 g/mol. The van der Waals surface area contributed by atoms with E-state index in [1.807, 2.05) is 0 Å². The lowest BCUT2D eigenvalue weighted by molar-refractivity contribution is 0.355. The lowest BCUT2D eigenvalue weighted by atomic mass is 10.1. The van der Waals surface area contributed by atoms with Gasteiger partial charge < -0.3 is 14.5 Å². The molecule has 0 aliphatic rings. The Labute approximate surface area is 108 Å². The molecule has 1 heterocycles. The van der Waals surface area contributed by atoms with E-state index in [2.05, 4.69) is 9.97 Å². The molecule has 1 N–H and O–H groups in total. The summed E-state index contributed by atoms with van der Waals surface area (Å²) in [6.07, 6.45) is 2.95. The number of aromatic amines is 1. The van der Waals surface area contributed by atoms with E-state index in [-0.39, 0.29) is 11.3 Å². The fourth-order valence-corrected chi connectivity index (χ4v) is 1.94. The third kappa shape index (κ3) is 2.04. The summed E-state index contributed by atoms with van der Waals surface area (Å²) in [5.74, 6) is 0.875. The Morgan fingerprint density at radius 3 is 2.67 bits per heavy atom. The first-order valence-electron chi connectivity index (χ1n) is 5.13. The van der Waals surface area contributed by atoms with Crippen molar-refractivity contribution in [1.82, 2.24) is 9.97 Å². The lowest BCUT2D eigenvalue weighted by Gasteiger charge is -2.11. The number of nitrogens with zero attached hydrogens (tertiary/aromatic N) is 1. The maximum Gasteiger partial charge on any atom is 0.274 e. The third-order valence-corrected chi connectivity index (χ3v) is 2.82. The first-order chi connectivity index (χ1) is 8.69. The number of hydrogen-bond donors (Lipinski definition) is 1. The van der Waals surface area contributed by atoms with E-state index >= 15 is 0 Å². The van der Waals surface area contributed by atoms with E-state index in [4.69, 9.17) is 21.1 Å². The van der Waals surface area contributed by atoms with Crippen molar-refractivity contribution in [3.05, 3.63) is 39.9 Å². The molecule has 0 bridgehead atoms. The Hall–Kier alpha value is -2.01. The van der Waals surface area contributed by atoms with Crippen LogP contribution in [0.2, 0.25) is 5.02 Å². The van der Waals surface area contributed by atoms with Gasteiger partial charge in [-0.3, -0.25) is 4.79 Å². The number of methoxy groups -OCH3 is 2. The second kappa shape index (κ2) is 5.10. The van der Waals surface area contributed by atoms with E-state index in [1.165, 1.54) is 26.6 Å². The normalized spacial score (nSPS) is 10.2. The predicted molar refractivity (Wildman–Crippen MR) is 68.4 cm³/mol. The van der Waals surface area contributed by atoms with Crippen molar-refractivity contribution in [2.24, 2.45) is 0 Å². The molecular formula is C12H11ClN2O3. The molecule has 0 aliphatic carbocycles. The van der Waals surface area contributed by atoms with Crippen LogP contribution in [0.5, 0.6) is 11.5 Å². The van der Waals surface area contributed by atoms with Crippen LogP contribution in [0.25, 0.3) is 11.3 Å². The van der Waals surface area contributed by atoms with Crippen LogP contribution in [0.3, 0.4) is 0 Å². The molecule has 94 valence electrons. The number of halogens is 1. The van der Waals surface area contributed by atoms with Gasteiger partial charge in [-0.2, -0.15) is 0 Å². The van der Waals surface area contributed by atoms with Gasteiger partial charge in [0.25, 0.3) is 5.56 Å². The van der Waals surface area contributed by atoms with Gasteiger partial charge in [-0.1, -0.05) is 11.6 Å². The number of aromatic nitrogens is 2. The highest BCUT2D eigenvalue weighted by Gasteiger charge is 2.16. The van der Waals surface area contributed by atoms with Crippen molar-refractivity contribution in [2.75, 3.05) is 14.2 Å². The van der Waals surface area contributed by atoms with Crippen LogP contribution in [0.1, 0.15) is 0 Å². The summed E-state index contributed by atoms with van der Waals surface area (Å²) in [7, 11) is 3.00. The maximum absolute atomic E-state index is 11.7. The Bertz CT molecular complexity index is 625. The number of H-pyrrole nitrogens is 1. The highest BCUT2D eigenvalue weighted by Crippen LogP contribution is 2.40. The predicted octanol–water partition coefficient (Wildman–Crippen LogP) is 2.11. The molecule has 2 rings (SSSR count). The van der Waals surface area contributed by atoms with Gasteiger partial charge in [0.2, 0.25) is 0 Å². The molecule has 5 nitrogen and oxygen atoms in total. The SMILES string of the molecule is COc1ccc(-c2ncc[nH]c2=O)c(Cl)c1OC. The fraction of sp³-hybridized carbons (Fsp3) is 0.167. The van der Waals surface area contributed by atoms with Crippen LogP contribution in [-0.2, 0) is 0 Å². The Kier molecular flexibility index (Phi) is 3.53. The van der Waals surface area contributed by atoms with Crippen molar-refractivity contribution >= 4 is 11.6 Å². The molecule has 0 saturated heterocycles. The minimum Gasteiger partial charge on any atom is -0.493 e. The molecule has 0 aliphatic heterocycles. The van der Waals surface area contributed by atoms with E-state index < -0.39 is 0 Å². The smallest absolute Gasteiger partial charge is 0.274 e. The van der Waals surface area contributed by atoms with Crippen LogP contribution >= 0.6 is 11.6 Å². The van der Waals surface area contributed by atoms with Gasteiger partial charge in [-0.25, -0.2) is 4.98 Å². The molecule has 1 aromatic carbocycles. The molecule has 1 aromatic heterocycles. The number of rotatable bonds is 3. The van der Waals surface area contributed by atoms with E-state index in [1.54, 1.807) is 12.1 Å². The van der Waals surface area contributed by atoms with Crippen molar-refractivity contribution < 1.29 is 9.47 Å². The Balaban J connectivity index is 2.67. The molecule has 6 heteroatoms. The molecule has 0 unspecified atom stereocenters. The van der Waals surface area contributed by atoms with Gasteiger partial charge in [-0.15, -0.1) is 0 Å². The van der Waals surface area contributed by atoms with E-state index in [9.17, 15) is 4.79 Å². The fourth-order valence-electron chi connectivity index (χ4n) is 1.62. The molecule has 0 amide bonds. The zero-order valence-electron chi connectivity index (χ0n) is 9.86. The Morgan fingerprint density at radius 2 is 2.06 bits per heavy atom. The van der Waals surface area contributed by atoms with Gasteiger partial charge in [0.1, 0.15) is 5.69 Å². The van der Waals surface area contributed by atoms with Gasteiger partial charge in [-0.05, 0) is 12.1 Å². The summed E-state index contributed by atoms with van der Waals surface area (Å²) in [6, 6.07) is 3.34. The second-order valence-corrected chi connectivity index (χ2v) is 3.81. The quantitative estimate of drug-likeness (QED) is 0.924. The van der Waals surface area contributed by atoms with Crippen molar-refractivity contribution in [2.45, 2.75) is 0 Å². The largest absolute Gasteiger partial charge is 0.493 e. The third-order valence-electron chi connectivity index (χ3n) is 2.45. The molecule has 2 aromatic rings. The molecule has 0 atom stereocenters. The van der Waals surface area contributed by atoms with Crippen LogP contribution < -0.4 is 15.0 Å². The average molecular weight is 267 g/mol. The molecule has 0 saturated carbocycles. The van der Waals surface area contributed by atoms with Crippen molar-refractivity contribution in [1.29, 1.82) is 0 Å².